The predicted octanol–water partition coefficient (Wildman–Crippen LogP) is 1.87. The summed E-state index contributed by atoms with van der Waals surface area (Å²) in [7, 11) is 0. The van der Waals surface area contributed by atoms with Gasteiger partial charge in [0.25, 0.3) is 11.8 Å². The zero-order chi connectivity index (χ0) is 21.3. The molecule has 2 fully saturated rings. The molecule has 2 N–H and O–H groups in total. The van der Waals surface area contributed by atoms with Crippen molar-refractivity contribution in [1.29, 1.82) is 0 Å². The number of hydrogen-bond acceptors (Lipinski definition) is 8. The Morgan fingerprint density at radius 3 is 2.48 bits per heavy atom. The summed E-state index contributed by atoms with van der Waals surface area (Å²) >= 11 is 0. The van der Waals surface area contributed by atoms with E-state index < -0.39 is 18.6 Å². The van der Waals surface area contributed by atoms with E-state index in [0.29, 0.717) is 30.4 Å². The lowest BCUT2D eigenvalue weighted by atomic mass is 10.1. The molecule has 0 unspecified atom stereocenters. The van der Waals surface area contributed by atoms with E-state index >= 15 is 0 Å². The predicted molar refractivity (Wildman–Crippen MR) is 111 cm³/mol. The Labute approximate surface area is 179 Å². The Balaban J connectivity index is 0.00000272. The fourth-order valence-corrected chi connectivity index (χ4v) is 3.20. The zero-order valence-electron chi connectivity index (χ0n) is 16.4. The number of aromatic nitrogens is 3. The van der Waals surface area contributed by atoms with Crippen LogP contribution in [-0.2, 0) is 4.79 Å². The number of nitrogens with two attached hydrogens (primary N) is 1. The summed E-state index contributed by atoms with van der Waals surface area (Å²) in [5, 5.41) is 0. The molecular formula is C20H26F2N6O3. The highest BCUT2D eigenvalue weighted by molar-refractivity contribution is 5.98. The number of carbonyl (C=O) groups is 1. The van der Waals surface area contributed by atoms with Crippen LogP contribution in [0, 0.1) is 0 Å². The topological polar surface area (TPSA) is 107 Å². The fraction of sp³-hybridized carbons (Fsp3) is 0.500. The van der Waals surface area contributed by atoms with Gasteiger partial charge in [0, 0.05) is 45.1 Å². The van der Waals surface area contributed by atoms with Gasteiger partial charge in [-0.3, -0.25) is 4.79 Å². The lowest BCUT2D eigenvalue weighted by molar-refractivity contribution is -0.122. The number of nitrogens with zero attached hydrogens (tertiary/aromatic N) is 5. The summed E-state index contributed by atoms with van der Waals surface area (Å²) < 4.78 is 36.3. The Hall–Kier alpha value is -3.08. The molecule has 168 valence electrons. The highest BCUT2D eigenvalue weighted by atomic mass is 19.3. The molecule has 9 nitrogen and oxygen atoms in total. The fourth-order valence-electron chi connectivity index (χ4n) is 3.20. The van der Waals surface area contributed by atoms with Gasteiger partial charge in [0.15, 0.2) is 12.7 Å². The second-order valence-corrected chi connectivity index (χ2v) is 7.48. The first-order chi connectivity index (χ1) is 14.3. The summed E-state index contributed by atoms with van der Waals surface area (Å²) in [4.78, 5) is 28.8. The first-order valence-corrected chi connectivity index (χ1v) is 9.56. The smallest absolute Gasteiger partial charge is 0.278 e. The van der Waals surface area contributed by atoms with Crippen LogP contribution in [0.15, 0.2) is 30.7 Å². The molecule has 11 heteroatoms. The monoisotopic (exact) mass is 436 g/mol. The number of amides is 1. The first kappa shape index (κ1) is 22.6. The van der Waals surface area contributed by atoms with Gasteiger partial charge < -0.3 is 25.0 Å². The Bertz CT molecular complexity index is 885. The van der Waals surface area contributed by atoms with Crippen LogP contribution in [0.3, 0.4) is 0 Å². The number of hydrogen-bond donors (Lipinski definition) is 1. The lowest BCUT2D eigenvalue weighted by Gasteiger charge is -2.36. The number of halogens is 2. The van der Waals surface area contributed by atoms with E-state index in [1.165, 1.54) is 18.3 Å². The van der Waals surface area contributed by atoms with Crippen LogP contribution in [0.5, 0.6) is 11.6 Å². The van der Waals surface area contributed by atoms with Crippen LogP contribution in [0.25, 0.3) is 0 Å². The highest BCUT2D eigenvalue weighted by Gasteiger charge is 2.35. The molecule has 0 aliphatic carbocycles. The molecule has 0 radical (unpaired) electrons. The van der Waals surface area contributed by atoms with E-state index in [9.17, 15) is 13.6 Å². The van der Waals surface area contributed by atoms with E-state index in [0.717, 1.165) is 20.0 Å². The second-order valence-electron chi connectivity index (χ2n) is 7.48. The molecular weight excluding hydrogens is 410 g/mol. The lowest BCUT2D eigenvalue weighted by Crippen LogP contribution is -2.56. The molecule has 2 aromatic rings. The van der Waals surface area contributed by atoms with E-state index in [1.807, 2.05) is 4.90 Å². The van der Waals surface area contributed by atoms with Crippen molar-refractivity contribution in [2.75, 3.05) is 36.0 Å². The molecule has 0 bridgehead atoms. The van der Waals surface area contributed by atoms with Gasteiger partial charge in [0.2, 0.25) is 11.8 Å². The standard InChI is InChI=1S/C19H22F2N6O3.CH4/c1-19(20,21)11-29-16-3-2-14(8-23-16)30-15-4-5-27(17(15)28)13-6-24-18(25-7-13)26-9-12(22)10-26;/h2-3,6-8,12,15H,4-5,9-11,22H2,1H3;1H4/t15-;/m1./s1. The van der Waals surface area contributed by atoms with Gasteiger partial charge >= 0.3 is 0 Å². The maximum atomic E-state index is 12.8. The number of carbonyl (C=O) groups excluding carboxylic acids is 1. The van der Waals surface area contributed by atoms with Crippen molar-refractivity contribution in [3.8, 4) is 11.6 Å². The number of pyridine rings is 1. The molecule has 4 heterocycles. The van der Waals surface area contributed by atoms with E-state index in [-0.39, 0.29) is 25.3 Å². The highest BCUT2D eigenvalue weighted by Crippen LogP contribution is 2.26. The Morgan fingerprint density at radius 1 is 1.19 bits per heavy atom. The summed E-state index contributed by atoms with van der Waals surface area (Å²) in [6.45, 7) is 1.91. The van der Waals surface area contributed by atoms with Gasteiger partial charge in [-0.1, -0.05) is 7.43 Å². The quantitative estimate of drug-likeness (QED) is 0.701. The maximum Gasteiger partial charge on any atom is 0.278 e. The largest absolute Gasteiger partial charge is 0.479 e. The molecule has 1 atom stereocenters. The summed E-state index contributed by atoms with van der Waals surface area (Å²) in [6.07, 6.45) is 4.39. The van der Waals surface area contributed by atoms with Gasteiger partial charge in [-0.15, -0.1) is 0 Å². The average molecular weight is 436 g/mol. The van der Waals surface area contributed by atoms with Crippen molar-refractivity contribution in [2.24, 2.45) is 5.73 Å². The SMILES string of the molecule is C.CC(F)(F)COc1ccc(O[C@@H]2CCN(c3cnc(N4CC(N)C4)nc3)C2=O)cn1. The number of ether oxygens (including phenoxy) is 2. The maximum absolute atomic E-state index is 12.8. The van der Waals surface area contributed by atoms with Gasteiger partial charge in [-0.25, -0.2) is 23.7 Å². The molecule has 1 amide bonds. The molecule has 4 rings (SSSR count). The van der Waals surface area contributed by atoms with Crippen LogP contribution in [0.2, 0.25) is 0 Å². The first-order valence-electron chi connectivity index (χ1n) is 9.56. The van der Waals surface area contributed by atoms with Gasteiger partial charge in [0.05, 0.1) is 24.3 Å². The third-order valence-corrected chi connectivity index (χ3v) is 4.75. The van der Waals surface area contributed by atoms with Crippen molar-refractivity contribution in [3.63, 3.8) is 0 Å². The van der Waals surface area contributed by atoms with Crippen LogP contribution >= 0.6 is 0 Å². The van der Waals surface area contributed by atoms with Gasteiger partial charge in [-0.2, -0.15) is 0 Å². The average Bonchev–Trinajstić information content (AvgIpc) is 3.05. The summed E-state index contributed by atoms with van der Waals surface area (Å²) in [5.41, 5.74) is 6.37. The van der Waals surface area contributed by atoms with E-state index in [2.05, 4.69) is 15.0 Å². The Kier molecular flexibility index (Phi) is 6.54. The van der Waals surface area contributed by atoms with E-state index in [1.54, 1.807) is 17.3 Å². The third-order valence-electron chi connectivity index (χ3n) is 4.75. The molecule has 2 aromatic heterocycles. The second kappa shape index (κ2) is 8.96. The van der Waals surface area contributed by atoms with Crippen LogP contribution < -0.4 is 25.0 Å². The van der Waals surface area contributed by atoms with Crippen molar-refractivity contribution >= 4 is 17.5 Å². The zero-order valence-corrected chi connectivity index (χ0v) is 16.4. The molecule has 0 saturated carbocycles. The van der Waals surface area contributed by atoms with Crippen LogP contribution in [-0.4, -0.2) is 65.2 Å². The number of anilines is 2. The van der Waals surface area contributed by atoms with Crippen LogP contribution in [0.1, 0.15) is 20.8 Å². The Morgan fingerprint density at radius 2 is 1.90 bits per heavy atom. The van der Waals surface area contributed by atoms with Crippen molar-refractivity contribution in [2.45, 2.75) is 38.8 Å². The minimum Gasteiger partial charge on any atom is -0.479 e. The number of alkyl halides is 2. The molecule has 31 heavy (non-hydrogen) atoms. The molecule has 0 aromatic carbocycles. The van der Waals surface area contributed by atoms with Crippen molar-refractivity contribution in [1.82, 2.24) is 15.0 Å². The normalized spacial score (nSPS) is 19.1. The minimum absolute atomic E-state index is 0. The molecule has 2 saturated heterocycles. The van der Waals surface area contributed by atoms with Crippen molar-refractivity contribution in [3.05, 3.63) is 30.7 Å². The molecule has 2 aliphatic heterocycles. The van der Waals surface area contributed by atoms with Crippen LogP contribution in [0.4, 0.5) is 20.4 Å². The van der Waals surface area contributed by atoms with E-state index in [4.69, 9.17) is 15.2 Å². The third kappa shape index (κ3) is 5.35. The molecule has 0 spiro atoms. The number of rotatable bonds is 7. The van der Waals surface area contributed by atoms with Gasteiger partial charge in [0.1, 0.15) is 5.75 Å². The van der Waals surface area contributed by atoms with Crippen molar-refractivity contribution < 1.29 is 23.0 Å². The summed E-state index contributed by atoms with van der Waals surface area (Å²) in [5.74, 6) is -2.15. The molecule has 2 aliphatic rings. The minimum atomic E-state index is -2.94. The van der Waals surface area contributed by atoms with Gasteiger partial charge in [-0.05, 0) is 6.07 Å². The summed E-state index contributed by atoms with van der Waals surface area (Å²) in [6, 6.07) is 3.10.